The third-order valence-electron chi connectivity index (χ3n) is 2.54. The maximum absolute atomic E-state index is 10.9. The number of primary amides is 1. The van der Waals surface area contributed by atoms with Crippen molar-refractivity contribution in [3.63, 3.8) is 0 Å². The first-order valence-electron chi connectivity index (χ1n) is 5.08. The molecule has 0 radical (unpaired) electrons. The third-order valence-corrected chi connectivity index (χ3v) is 2.91. The number of amides is 1. The topological polar surface area (TPSA) is 43.1 Å². The number of nitrogens with two attached hydrogens (primary N) is 1. The van der Waals surface area contributed by atoms with Gasteiger partial charge >= 0.3 is 0 Å². The quantitative estimate of drug-likeness (QED) is 0.814. The number of hydrogen-bond acceptors (Lipinski definition) is 1. The Morgan fingerprint density at radius 3 is 2.56 bits per heavy atom. The number of benzene rings is 2. The zero-order valence-corrected chi connectivity index (χ0v) is 9.45. The molecule has 0 saturated carbocycles. The lowest BCUT2D eigenvalue weighted by molar-refractivity contribution is -0.117. The molecule has 2 N–H and O–H groups in total. The fourth-order valence-electron chi connectivity index (χ4n) is 1.67. The molecule has 0 heterocycles. The normalized spacial score (nSPS) is 12.6. The molecule has 3 heteroatoms. The van der Waals surface area contributed by atoms with Crippen molar-refractivity contribution in [2.75, 3.05) is 0 Å². The highest BCUT2D eigenvalue weighted by atomic mass is 35.5. The second-order valence-corrected chi connectivity index (χ2v) is 4.28. The lowest BCUT2D eigenvalue weighted by Crippen LogP contribution is -2.25. The third kappa shape index (κ3) is 2.34. The van der Waals surface area contributed by atoms with Crippen LogP contribution < -0.4 is 5.73 Å². The Kier molecular flexibility index (Phi) is 3.11. The summed E-state index contributed by atoms with van der Waals surface area (Å²) in [7, 11) is 0. The van der Waals surface area contributed by atoms with Crippen LogP contribution in [0.5, 0.6) is 0 Å². The largest absolute Gasteiger partial charge is 0.368 e. The van der Waals surface area contributed by atoms with Crippen LogP contribution in [0, 0.1) is 0 Å². The van der Waals surface area contributed by atoms with E-state index in [1.54, 1.807) is 0 Å². The van der Waals surface area contributed by atoms with Gasteiger partial charge in [-0.1, -0.05) is 42.5 Å². The SMILES string of the molecule is NC(=O)C(Cl)Cc1ccc2ccccc2c1. The second-order valence-electron chi connectivity index (χ2n) is 3.76. The lowest BCUT2D eigenvalue weighted by atomic mass is 10.0. The molecular formula is C13H12ClNO. The van der Waals surface area contributed by atoms with Crippen LogP contribution in [0.4, 0.5) is 0 Å². The fraction of sp³-hybridized carbons (Fsp3) is 0.154. The van der Waals surface area contributed by atoms with Gasteiger partial charge in [0.25, 0.3) is 0 Å². The molecule has 16 heavy (non-hydrogen) atoms. The first kappa shape index (κ1) is 11.0. The number of alkyl halides is 1. The van der Waals surface area contributed by atoms with Gasteiger partial charge in [-0.2, -0.15) is 0 Å². The summed E-state index contributed by atoms with van der Waals surface area (Å²) in [6, 6.07) is 14.1. The van der Waals surface area contributed by atoms with Crippen LogP contribution in [-0.4, -0.2) is 11.3 Å². The number of rotatable bonds is 3. The van der Waals surface area contributed by atoms with Crippen LogP contribution in [0.3, 0.4) is 0 Å². The van der Waals surface area contributed by atoms with E-state index in [-0.39, 0.29) is 0 Å². The molecule has 0 aromatic heterocycles. The monoisotopic (exact) mass is 233 g/mol. The van der Waals surface area contributed by atoms with E-state index in [0.29, 0.717) is 6.42 Å². The molecule has 1 unspecified atom stereocenters. The zero-order chi connectivity index (χ0) is 11.5. The summed E-state index contributed by atoms with van der Waals surface area (Å²) >= 11 is 5.83. The van der Waals surface area contributed by atoms with Crippen molar-refractivity contribution in [2.45, 2.75) is 11.8 Å². The molecule has 0 aliphatic rings. The first-order chi connectivity index (χ1) is 7.66. The highest BCUT2D eigenvalue weighted by Crippen LogP contribution is 2.17. The van der Waals surface area contributed by atoms with Gasteiger partial charge in [0.2, 0.25) is 5.91 Å². The second kappa shape index (κ2) is 4.54. The van der Waals surface area contributed by atoms with Crippen molar-refractivity contribution in [1.29, 1.82) is 0 Å². The van der Waals surface area contributed by atoms with Gasteiger partial charge in [-0.05, 0) is 22.8 Å². The van der Waals surface area contributed by atoms with Crippen LogP contribution in [0.1, 0.15) is 5.56 Å². The van der Waals surface area contributed by atoms with Gasteiger partial charge in [-0.3, -0.25) is 4.79 Å². The lowest BCUT2D eigenvalue weighted by Gasteiger charge is -2.06. The van der Waals surface area contributed by atoms with Crippen LogP contribution in [0.2, 0.25) is 0 Å². The van der Waals surface area contributed by atoms with E-state index >= 15 is 0 Å². The Morgan fingerprint density at radius 2 is 1.88 bits per heavy atom. The van der Waals surface area contributed by atoms with Gasteiger partial charge in [0.05, 0.1) is 0 Å². The Morgan fingerprint density at radius 1 is 1.19 bits per heavy atom. The molecule has 2 nitrogen and oxygen atoms in total. The summed E-state index contributed by atoms with van der Waals surface area (Å²) in [5.74, 6) is -0.477. The summed E-state index contributed by atoms with van der Waals surface area (Å²) in [6.45, 7) is 0. The summed E-state index contributed by atoms with van der Waals surface area (Å²) < 4.78 is 0. The first-order valence-corrected chi connectivity index (χ1v) is 5.51. The zero-order valence-electron chi connectivity index (χ0n) is 8.69. The molecule has 0 spiro atoms. The maximum Gasteiger partial charge on any atom is 0.235 e. The van der Waals surface area contributed by atoms with Crippen LogP contribution >= 0.6 is 11.6 Å². The minimum absolute atomic E-state index is 0.474. The summed E-state index contributed by atoms with van der Waals surface area (Å²) in [5.41, 5.74) is 6.15. The van der Waals surface area contributed by atoms with E-state index in [9.17, 15) is 4.79 Å². The smallest absolute Gasteiger partial charge is 0.235 e. The van der Waals surface area contributed by atoms with Gasteiger partial charge < -0.3 is 5.73 Å². The number of halogens is 1. The number of fused-ring (bicyclic) bond motifs is 1. The summed E-state index contributed by atoms with van der Waals surface area (Å²) in [5, 5.41) is 1.69. The van der Waals surface area contributed by atoms with E-state index in [1.807, 2.05) is 42.5 Å². The van der Waals surface area contributed by atoms with Crippen LogP contribution in [0.25, 0.3) is 10.8 Å². The minimum atomic E-state index is -0.638. The van der Waals surface area contributed by atoms with E-state index in [0.717, 1.165) is 10.9 Å². The van der Waals surface area contributed by atoms with Gasteiger partial charge in [0, 0.05) is 0 Å². The number of carbonyl (C=O) groups excluding carboxylic acids is 1. The average Bonchev–Trinajstić information content (AvgIpc) is 2.28. The Bertz CT molecular complexity index is 524. The van der Waals surface area contributed by atoms with Crippen molar-refractivity contribution >= 4 is 28.3 Å². The number of carbonyl (C=O) groups is 1. The van der Waals surface area contributed by atoms with E-state index in [1.165, 1.54) is 5.39 Å². The maximum atomic E-state index is 10.9. The molecule has 2 rings (SSSR count). The molecule has 0 aliphatic heterocycles. The minimum Gasteiger partial charge on any atom is -0.368 e. The Hall–Kier alpha value is -1.54. The Balaban J connectivity index is 2.29. The van der Waals surface area contributed by atoms with Crippen molar-refractivity contribution in [3.05, 3.63) is 48.0 Å². The van der Waals surface area contributed by atoms with Crippen LogP contribution in [0.15, 0.2) is 42.5 Å². The fourth-order valence-corrected chi connectivity index (χ4v) is 1.85. The molecule has 82 valence electrons. The standard InChI is InChI=1S/C13H12ClNO/c14-12(13(15)16)8-9-5-6-10-3-1-2-4-11(10)7-9/h1-7,12H,8H2,(H2,15,16). The predicted molar refractivity (Wildman–Crippen MR) is 66.5 cm³/mol. The molecular weight excluding hydrogens is 222 g/mol. The van der Waals surface area contributed by atoms with E-state index in [4.69, 9.17) is 17.3 Å². The molecule has 0 fully saturated rings. The molecule has 2 aromatic rings. The van der Waals surface area contributed by atoms with Crippen LogP contribution in [-0.2, 0) is 11.2 Å². The van der Waals surface area contributed by atoms with Gasteiger partial charge in [0.1, 0.15) is 5.38 Å². The molecule has 0 saturated heterocycles. The van der Waals surface area contributed by atoms with Gasteiger partial charge in [-0.25, -0.2) is 0 Å². The van der Waals surface area contributed by atoms with Crippen molar-refractivity contribution < 1.29 is 4.79 Å². The molecule has 0 bridgehead atoms. The highest BCUT2D eigenvalue weighted by molar-refractivity contribution is 6.30. The van der Waals surface area contributed by atoms with Gasteiger partial charge in [0.15, 0.2) is 0 Å². The Labute approximate surface area is 99.0 Å². The molecule has 1 amide bonds. The van der Waals surface area contributed by atoms with Crippen molar-refractivity contribution in [3.8, 4) is 0 Å². The summed E-state index contributed by atoms with van der Waals surface area (Å²) in [6.07, 6.45) is 0.474. The molecule has 1 atom stereocenters. The van der Waals surface area contributed by atoms with Crippen molar-refractivity contribution in [2.24, 2.45) is 5.73 Å². The highest BCUT2D eigenvalue weighted by Gasteiger charge is 2.11. The van der Waals surface area contributed by atoms with Gasteiger partial charge in [-0.15, -0.1) is 11.6 Å². The van der Waals surface area contributed by atoms with E-state index in [2.05, 4.69) is 0 Å². The van der Waals surface area contributed by atoms with E-state index < -0.39 is 11.3 Å². The van der Waals surface area contributed by atoms with Crippen molar-refractivity contribution in [1.82, 2.24) is 0 Å². The molecule has 2 aromatic carbocycles. The summed E-state index contributed by atoms with van der Waals surface area (Å²) in [4.78, 5) is 10.9. The number of hydrogen-bond donors (Lipinski definition) is 1. The predicted octanol–water partition coefficient (Wildman–Crippen LogP) is 2.48. The average molecular weight is 234 g/mol. The molecule has 0 aliphatic carbocycles.